The number of carbonyl (C=O) groups is 1. The first-order valence-corrected chi connectivity index (χ1v) is 6.61. The lowest BCUT2D eigenvalue weighted by Crippen LogP contribution is -2.45. The molecule has 0 amide bonds. The molecule has 3 aliphatic rings. The second-order valence-electron chi connectivity index (χ2n) is 5.48. The number of hydrogen-bond donors (Lipinski definition) is 0. The molecule has 3 atom stereocenters. The van der Waals surface area contributed by atoms with E-state index in [1.54, 1.807) is 0 Å². The molecule has 3 unspecified atom stereocenters. The van der Waals surface area contributed by atoms with Crippen LogP contribution in [0.3, 0.4) is 0 Å². The molecule has 96 valence electrons. The highest BCUT2D eigenvalue weighted by molar-refractivity contribution is 5.82. The molecule has 3 saturated heterocycles. The lowest BCUT2D eigenvalue weighted by Gasteiger charge is -2.40. The SMILES string of the molecule is O=C1CCOCC1C1CCOC2(CCOC2)C1. The van der Waals surface area contributed by atoms with E-state index in [1.165, 1.54) is 0 Å². The molecule has 0 aliphatic carbocycles. The number of hydrogen-bond acceptors (Lipinski definition) is 4. The van der Waals surface area contributed by atoms with E-state index in [-0.39, 0.29) is 11.5 Å². The van der Waals surface area contributed by atoms with E-state index >= 15 is 0 Å². The van der Waals surface area contributed by atoms with Crippen LogP contribution in [0.2, 0.25) is 0 Å². The molecule has 3 fully saturated rings. The van der Waals surface area contributed by atoms with Crippen LogP contribution >= 0.6 is 0 Å². The van der Waals surface area contributed by atoms with Gasteiger partial charge in [-0.2, -0.15) is 0 Å². The highest BCUT2D eigenvalue weighted by atomic mass is 16.6. The monoisotopic (exact) mass is 240 g/mol. The van der Waals surface area contributed by atoms with Crippen molar-refractivity contribution in [2.45, 2.75) is 31.3 Å². The van der Waals surface area contributed by atoms with E-state index in [9.17, 15) is 4.79 Å². The lowest BCUT2D eigenvalue weighted by molar-refractivity contribution is -0.143. The largest absolute Gasteiger partial charge is 0.380 e. The van der Waals surface area contributed by atoms with Crippen LogP contribution in [-0.4, -0.2) is 44.4 Å². The van der Waals surface area contributed by atoms with Crippen LogP contribution in [0.25, 0.3) is 0 Å². The minimum atomic E-state index is -0.0966. The summed E-state index contributed by atoms with van der Waals surface area (Å²) in [5, 5.41) is 0. The van der Waals surface area contributed by atoms with Crippen LogP contribution in [0.5, 0.6) is 0 Å². The molecule has 1 spiro atoms. The molecule has 4 heteroatoms. The third-order valence-corrected chi connectivity index (χ3v) is 4.37. The highest BCUT2D eigenvalue weighted by Crippen LogP contribution is 2.39. The summed E-state index contributed by atoms with van der Waals surface area (Å²) in [6, 6.07) is 0. The van der Waals surface area contributed by atoms with Gasteiger partial charge < -0.3 is 14.2 Å². The van der Waals surface area contributed by atoms with Crippen molar-refractivity contribution in [3.8, 4) is 0 Å². The minimum Gasteiger partial charge on any atom is -0.380 e. The van der Waals surface area contributed by atoms with Gasteiger partial charge in [0.2, 0.25) is 0 Å². The standard InChI is InChI=1S/C13H20O4/c14-12-2-4-15-8-11(12)10-1-5-17-13(7-10)3-6-16-9-13/h10-11H,1-9H2. The third kappa shape index (κ3) is 2.26. The maximum absolute atomic E-state index is 11.9. The Bertz CT molecular complexity index is 296. The molecule has 3 rings (SSSR count). The fourth-order valence-corrected chi connectivity index (χ4v) is 3.33. The molecule has 0 bridgehead atoms. The van der Waals surface area contributed by atoms with Crippen molar-refractivity contribution in [2.75, 3.05) is 33.0 Å². The topological polar surface area (TPSA) is 44.8 Å². The molecule has 0 aromatic carbocycles. The van der Waals surface area contributed by atoms with Gasteiger partial charge in [-0.05, 0) is 18.8 Å². The number of ketones is 1. The van der Waals surface area contributed by atoms with Crippen molar-refractivity contribution in [1.29, 1.82) is 0 Å². The summed E-state index contributed by atoms with van der Waals surface area (Å²) in [4.78, 5) is 11.9. The Morgan fingerprint density at radius 1 is 1.18 bits per heavy atom. The van der Waals surface area contributed by atoms with E-state index in [1.807, 2.05) is 0 Å². The summed E-state index contributed by atoms with van der Waals surface area (Å²) in [5.74, 6) is 0.917. The maximum atomic E-state index is 11.9. The average molecular weight is 240 g/mol. The molecular weight excluding hydrogens is 220 g/mol. The van der Waals surface area contributed by atoms with Crippen LogP contribution in [-0.2, 0) is 19.0 Å². The van der Waals surface area contributed by atoms with Crippen LogP contribution < -0.4 is 0 Å². The first-order chi connectivity index (χ1) is 8.29. The Balaban J connectivity index is 1.68. The summed E-state index contributed by atoms with van der Waals surface area (Å²) >= 11 is 0. The van der Waals surface area contributed by atoms with Gasteiger partial charge in [-0.1, -0.05) is 0 Å². The predicted molar refractivity (Wildman–Crippen MR) is 60.8 cm³/mol. The van der Waals surface area contributed by atoms with Crippen molar-refractivity contribution in [1.82, 2.24) is 0 Å². The summed E-state index contributed by atoms with van der Waals surface area (Å²) in [5.41, 5.74) is -0.0966. The van der Waals surface area contributed by atoms with Crippen molar-refractivity contribution in [3.05, 3.63) is 0 Å². The van der Waals surface area contributed by atoms with Crippen LogP contribution in [0, 0.1) is 11.8 Å². The van der Waals surface area contributed by atoms with Gasteiger partial charge in [0.05, 0.1) is 25.4 Å². The van der Waals surface area contributed by atoms with Gasteiger partial charge >= 0.3 is 0 Å². The minimum absolute atomic E-state index is 0.0966. The first kappa shape index (κ1) is 11.6. The fraction of sp³-hybridized carbons (Fsp3) is 0.923. The Morgan fingerprint density at radius 2 is 2.12 bits per heavy atom. The molecule has 0 radical (unpaired) electrons. The zero-order chi connectivity index (χ0) is 11.7. The van der Waals surface area contributed by atoms with Gasteiger partial charge in [0.25, 0.3) is 0 Å². The first-order valence-electron chi connectivity index (χ1n) is 6.61. The van der Waals surface area contributed by atoms with Gasteiger partial charge in [-0.15, -0.1) is 0 Å². The van der Waals surface area contributed by atoms with Gasteiger partial charge in [0, 0.05) is 32.0 Å². The number of Topliss-reactive ketones (excluding diaryl/α,β-unsaturated/α-hetero) is 1. The van der Waals surface area contributed by atoms with Crippen molar-refractivity contribution in [3.63, 3.8) is 0 Å². The molecule has 17 heavy (non-hydrogen) atoms. The van der Waals surface area contributed by atoms with Gasteiger partial charge in [-0.25, -0.2) is 0 Å². The molecular formula is C13H20O4. The summed E-state index contributed by atoms with van der Waals surface area (Å²) < 4.78 is 16.8. The smallest absolute Gasteiger partial charge is 0.140 e. The highest BCUT2D eigenvalue weighted by Gasteiger charge is 2.44. The van der Waals surface area contributed by atoms with E-state index in [0.717, 1.165) is 32.5 Å². The predicted octanol–water partition coefficient (Wildman–Crippen LogP) is 1.18. The van der Waals surface area contributed by atoms with Crippen molar-refractivity contribution >= 4 is 5.78 Å². The summed E-state index contributed by atoms with van der Waals surface area (Å²) in [6.45, 7) is 3.47. The molecule has 0 saturated carbocycles. The van der Waals surface area contributed by atoms with Gasteiger partial charge in [0.15, 0.2) is 0 Å². The molecule has 3 heterocycles. The Labute approximate surface area is 102 Å². The van der Waals surface area contributed by atoms with E-state index in [4.69, 9.17) is 14.2 Å². The number of rotatable bonds is 1. The van der Waals surface area contributed by atoms with Crippen molar-refractivity contribution < 1.29 is 19.0 Å². The third-order valence-electron chi connectivity index (χ3n) is 4.37. The second kappa shape index (κ2) is 4.67. The summed E-state index contributed by atoms with van der Waals surface area (Å²) in [6.07, 6.45) is 3.52. The van der Waals surface area contributed by atoms with Gasteiger partial charge in [0.1, 0.15) is 5.78 Å². The number of carbonyl (C=O) groups excluding carboxylic acids is 1. The van der Waals surface area contributed by atoms with E-state index in [2.05, 4.69) is 0 Å². The van der Waals surface area contributed by atoms with Crippen molar-refractivity contribution in [2.24, 2.45) is 11.8 Å². The molecule has 0 N–H and O–H groups in total. The maximum Gasteiger partial charge on any atom is 0.140 e. The number of ether oxygens (including phenoxy) is 3. The zero-order valence-corrected chi connectivity index (χ0v) is 10.2. The fourth-order valence-electron chi connectivity index (χ4n) is 3.33. The van der Waals surface area contributed by atoms with Crippen LogP contribution in [0.15, 0.2) is 0 Å². The zero-order valence-electron chi connectivity index (χ0n) is 10.2. The Kier molecular flexibility index (Phi) is 3.19. The second-order valence-corrected chi connectivity index (χ2v) is 5.48. The summed E-state index contributed by atoms with van der Waals surface area (Å²) in [7, 11) is 0. The Morgan fingerprint density at radius 3 is 2.88 bits per heavy atom. The quantitative estimate of drug-likeness (QED) is 0.690. The molecule has 4 nitrogen and oxygen atoms in total. The van der Waals surface area contributed by atoms with Crippen LogP contribution in [0.4, 0.5) is 0 Å². The van der Waals surface area contributed by atoms with E-state index in [0.29, 0.717) is 37.9 Å². The van der Waals surface area contributed by atoms with Crippen LogP contribution in [0.1, 0.15) is 25.7 Å². The molecule has 3 aliphatic heterocycles. The van der Waals surface area contributed by atoms with E-state index < -0.39 is 0 Å². The normalized spacial score (nSPS) is 43.2. The Hall–Kier alpha value is -0.450. The lowest BCUT2D eigenvalue weighted by atomic mass is 9.75. The molecule has 0 aromatic heterocycles. The van der Waals surface area contributed by atoms with Gasteiger partial charge in [-0.3, -0.25) is 4.79 Å². The average Bonchev–Trinajstić information content (AvgIpc) is 2.78. The molecule has 0 aromatic rings.